The molecule has 1 heterocycles. The molecule has 0 radical (unpaired) electrons. The molecule has 4 atom stereocenters. The molecule has 2 aliphatic carbocycles. The van der Waals surface area contributed by atoms with Crippen LogP contribution in [0.15, 0.2) is 18.2 Å². The lowest BCUT2D eigenvalue weighted by molar-refractivity contribution is 0.0915. The van der Waals surface area contributed by atoms with Crippen LogP contribution in [0.25, 0.3) is 0 Å². The quantitative estimate of drug-likeness (QED) is 0.895. The summed E-state index contributed by atoms with van der Waals surface area (Å²) in [6.07, 6.45) is 7.15. The maximum absolute atomic E-state index is 12.7. The maximum Gasteiger partial charge on any atom is 0.251 e. The Labute approximate surface area is 149 Å². The molecule has 1 aromatic carbocycles. The maximum atomic E-state index is 12.7. The summed E-state index contributed by atoms with van der Waals surface area (Å²) in [6.45, 7) is 2.59. The van der Waals surface area contributed by atoms with Gasteiger partial charge in [0.25, 0.3) is 5.91 Å². The predicted octanol–water partition coefficient (Wildman–Crippen LogP) is 2.56. The fourth-order valence-corrected chi connectivity index (χ4v) is 6.12. The Hall–Kier alpha value is -1.56. The predicted molar refractivity (Wildman–Crippen MR) is 98.2 cm³/mol. The molecule has 0 spiro atoms. The van der Waals surface area contributed by atoms with Crippen LogP contribution in [-0.4, -0.2) is 33.2 Å². The first-order valence-electron chi connectivity index (χ1n) is 9.24. The minimum Gasteiger partial charge on any atom is -0.349 e. The van der Waals surface area contributed by atoms with Crippen molar-refractivity contribution < 1.29 is 13.2 Å². The van der Waals surface area contributed by atoms with Gasteiger partial charge in [0.05, 0.1) is 11.9 Å². The molecule has 2 saturated carbocycles. The first kappa shape index (κ1) is 16.9. The Morgan fingerprint density at radius 3 is 2.72 bits per heavy atom. The summed E-state index contributed by atoms with van der Waals surface area (Å²) in [5.41, 5.74) is 2.27. The number of carbonyl (C=O) groups is 1. The molecule has 0 saturated heterocycles. The number of nitrogens with one attached hydrogen (secondary N) is 1. The molecule has 6 heteroatoms. The van der Waals surface area contributed by atoms with Crippen LogP contribution in [0.4, 0.5) is 5.69 Å². The van der Waals surface area contributed by atoms with Crippen molar-refractivity contribution in [3.63, 3.8) is 0 Å². The van der Waals surface area contributed by atoms with Crippen molar-refractivity contribution in [1.29, 1.82) is 0 Å². The van der Waals surface area contributed by atoms with Crippen LogP contribution in [-0.2, 0) is 16.4 Å². The molecule has 0 aromatic heterocycles. The molecule has 4 unspecified atom stereocenters. The first-order chi connectivity index (χ1) is 11.8. The van der Waals surface area contributed by atoms with Crippen LogP contribution in [0.3, 0.4) is 0 Å². The van der Waals surface area contributed by atoms with Gasteiger partial charge < -0.3 is 5.32 Å². The molecule has 5 nitrogen and oxygen atoms in total. The van der Waals surface area contributed by atoms with E-state index in [0.29, 0.717) is 30.1 Å². The first-order valence-corrected chi connectivity index (χ1v) is 11.1. The average Bonchev–Trinajstić information content (AvgIpc) is 3.27. The number of hydrogen-bond donors (Lipinski definition) is 1. The Morgan fingerprint density at radius 2 is 2.08 bits per heavy atom. The minimum atomic E-state index is -3.25. The van der Waals surface area contributed by atoms with E-state index in [4.69, 9.17) is 0 Å². The number of benzene rings is 1. The van der Waals surface area contributed by atoms with Crippen LogP contribution in [0.1, 0.15) is 48.5 Å². The Kier molecular flexibility index (Phi) is 4.06. The average molecular weight is 362 g/mol. The van der Waals surface area contributed by atoms with Gasteiger partial charge >= 0.3 is 0 Å². The molecule has 136 valence electrons. The van der Waals surface area contributed by atoms with E-state index in [1.807, 2.05) is 6.07 Å². The van der Waals surface area contributed by atoms with E-state index in [-0.39, 0.29) is 11.9 Å². The third-order valence-corrected chi connectivity index (χ3v) is 7.57. The van der Waals surface area contributed by atoms with Gasteiger partial charge in [-0.15, -0.1) is 0 Å². The lowest BCUT2D eigenvalue weighted by atomic mass is 9.84. The summed E-state index contributed by atoms with van der Waals surface area (Å²) >= 11 is 0. The Morgan fingerprint density at radius 1 is 1.28 bits per heavy atom. The van der Waals surface area contributed by atoms with Crippen LogP contribution < -0.4 is 9.62 Å². The Balaban J connectivity index is 1.46. The number of rotatable bonds is 4. The summed E-state index contributed by atoms with van der Waals surface area (Å²) < 4.78 is 25.1. The number of sulfonamides is 1. The molecule has 25 heavy (non-hydrogen) atoms. The van der Waals surface area contributed by atoms with Gasteiger partial charge in [-0.1, -0.05) is 6.42 Å². The molecule has 2 fully saturated rings. The van der Waals surface area contributed by atoms with Crippen molar-refractivity contribution >= 4 is 21.6 Å². The van der Waals surface area contributed by atoms with E-state index < -0.39 is 10.0 Å². The highest BCUT2D eigenvalue weighted by molar-refractivity contribution is 7.92. The topological polar surface area (TPSA) is 66.5 Å². The zero-order valence-electron chi connectivity index (χ0n) is 14.9. The highest BCUT2D eigenvalue weighted by Gasteiger charge is 2.42. The highest BCUT2D eigenvalue weighted by atomic mass is 32.2. The lowest BCUT2D eigenvalue weighted by Crippen LogP contribution is -2.40. The third-order valence-electron chi connectivity index (χ3n) is 6.39. The van der Waals surface area contributed by atoms with Crippen LogP contribution >= 0.6 is 0 Å². The van der Waals surface area contributed by atoms with Crippen molar-refractivity contribution in [2.24, 2.45) is 17.8 Å². The zero-order valence-corrected chi connectivity index (χ0v) is 15.7. The van der Waals surface area contributed by atoms with E-state index in [9.17, 15) is 13.2 Å². The number of carbonyl (C=O) groups excluding carboxylic acids is 1. The standard InChI is InChI=1S/C19H26N2O3S/c1-12(17-10-13-3-4-14(17)9-13)20-19(22)16-5-6-18-15(11-16)7-8-21(18)25(2,23)24/h5-6,11-14,17H,3-4,7-10H2,1-2H3,(H,20,22). The summed E-state index contributed by atoms with van der Waals surface area (Å²) in [5.74, 6) is 2.22. The van der Waals surface area contributed by atoms with E-state index in [1.165, 1.54) is 36.2 Å². The van der Waals surface area contributed by atoms with Crippen molar-refractivity contribution in [2.75, 3.05) is 17.1 Å². The van der Waals surface area contributed by atoms with Crippen molar-refractivity contribution in [3.05, 3.63) is 29.3 Å². The van der Waals surface area contributed by atoms with Gasteiger partial charge in [-0.3, -0.25) is 9.10 Å². The molecule has 1 aliphatic heterocycles. The van der Waals surface area contributed by atoms with Crippen LogP contribution in [0.2, 0.25) is 0 Å². The normalized spacial score (nSPS) is 28.9. The van der Waals surface area contributed by atoms with Gasteiger partial charge in [0.2, 0.25) is 10.0 Å². The third kappa shape index (κ3) is 3.05. The second-order valence-electron chi connectivity index (χ2n) is 8.03. The fourth-order valence-electron chi connectivity index (χ4n) is 5.16. The lowest BCUT2D eigenvalue weighted by Gasteiger charge is -2.28. The second-order valence-corrected chi connectivity index (χ2v) is 9.94. The minimum absolute atomic E-state index is 0.0455. The summed E-state index contributed by atoms with van der Waals surface area (Å²) in [7, 11) is -3.25. The smallest absolute Gasteiger partial charge is 0.251 e. The second kappa shape index (κ2) is 6.01. The number of anilines is 1. The van der Waals surface area contributed by atoms with Gasteiger partial charge in [0.1, 0.15) is 0 Å². The monoisotopic (exact) mass is 362 g/mol. The summed E-state index contributed by atoms with van der Waals surface area (Å²) in [6, 6.07) is 5.55. The number of nitrogens with zero attached hydrogens (tertiary/aromatic N) is 1. The Bertz CT molecular complexity index is 805. The van der Waals surface area contributed by atoms with Gasteiger partial charge in [-0.05, 0) is 74.1 Å². The van der Waals surface area contributed by atoms with E-state index >= 15 is 0 Å². The summed E-state index contributed by atoms with van der Waals surface area (Å²) in [5, 5.41) is 3.18. The van der Waals surface area contributed by atoms with Gasteiger partial charge in [0.15, 0.2) is 0 Å². The molecular formula is C19H26N2O3S. The van der Waals surface area contributed by atoms with Gasteiger partial charge in [0, 0.05) is 18.2 Å². The van der Waals surface area contributed by atoms with Crippen molar-refractivity contribution in [1.82, 2.24) is 5.32 Å². The molecule has 2 bridgehead atoms. The highest BCUT2D eigenvalue weighted by Crippen LogP contribution is 2.49. The van der Waals surface area contributed by atoms with Crippen LogP contribution in [0.5, 0.6) is 0 Å². The SMILES string of the molecule is CC(NC(=O)c1ccc2c(c1)CCN2S(C)(=O)=O)C1CC2CCC1C2. The van der Waals surface area contributed by atoms with E-state index in [1.54, 1.807) is 12.1 Å². The van der Waals surface area contributed by atoms with E-state index in [0.717, 1.165) is 17.4 Å². The molecule has 1 aromatic rings. The molecular weight excluding hydrogens is 336 g/mol. The van der Waals surface area contributed by atoms with Gasteiger partial charge in [-0.2, -0.15) is 0 Å². The molecule has 1 amide bonds. The number of hydrogen-bond acceptors (Lipinski definition) is 3. The largest absolute Gasteiger partial charge is 0.349 e. The van der Waals surface area contributed by atoms with Crippen LogP contribution in [0, 0.1) is 17.8 Å². The number of amides is 1. The van der Waals surface area contributed by atoms with Gasteiger partial charge in [-0.25, -0.2) is 8.42 Å². The summed E-state index contributed by atoms with van der Waals surface area (Å²) in [4.78, 5) is 12.7. The number of fused-ring (bicyclic) bond motifs is 3. The van der Waals surface area contributed by atoms with E-state index in [2.05, 4.69) is 12.2 Å². The molecule has 1 N–H and O–H groups in total. The molecule has 3 aliphatic rings. The van der Waals surface area contributed by atoms with Crippen molar-refractivity contribution in [3.8, 4) is 0 Å². The fraction of sp³-hybridized carbons (Fsp3) is 0.632. The zero-order chi connectivity index (χ0) is 17.8. The van der Waals surface area contributed by atoms with Crippen molar-refractivity contribution in [2.45, 2.75) is 45.1 Å². The molecule has 4 rings (SSSR count).